The van der Waals surface area contributed by atoms with E-state index in [0.717, 1.165) is 22.4 Å². The predicted molar refractivity (Wildman–Crippen MR) is 108 cm³/mol. The first-order chi connectivity index (χ1) is 12.1. The molecule has 0 aliphatic heterocycles. The lowest BCUT2D eigenvalue weighted by molar-refractivity contribution is 0.833. The quantitative estimate of drug-likeness (QED) is 0.411. The van der Waals surface area contributed by atoms with Crippen molar-refractivity contribution in [3.8, 4) is 11.4 Å². The van der Waals surface area contributed by atoms with Crippen LogP contribution in [0.5, 0.6) is 0 Å². The minimum absolute atomic E-state index is 0.802. The number of aryl methyl sites for hydroxylation is 2. The van der Waals surface area contributed by atoms with Gasteiger partial charge in [0.05, 0.1) is 11.0 Å². The van der Waals surface area contributed by atoms with E-state index < -0.39 is 0 Å². The van der Waals surface area contributed by atoms with Crippen molar-refractivity contribution in [2.24, 2.45) is 0 Å². The summed E-state index contributed by atoms with van der Waals surface area (Å²) in [4.78, 5) is 4.94. The van der Waals surface area contributed by atoms with Crippen molar-refractivity contribution >= 4 is 27.0 Å². The summed E-state index contributed by atoms with van der Waals surface area (Å²) in [5.41, 5.74) is 7.19. The molecule has 0 bridgehead atoms. The lowest BCUT2D eigenvalue weighted by Gasteiger charge is -2.12. The first-order valence-electron chi connectivity index (χ1n) is 8.39. The van der Waals surface area contributed by atoms with Crippen LogP contribution in [0.3, 0.4) is 0 Å². The number of para-hydroxylation sites is 2. The Morgan fingerprint density at radius 2 is 1.68 bits per heavy atom. The Kier molecular flexibility index (Phi) is 4.18. The van der Waals surface area contributed by atoms with Crippen molar-refractivity contribution < 1.29 is 0 Å². The van der Waals surface area contributed by atoms with Crippen LogP contribution in [0.2, 0.25) is 0 Å². The molecule has 3 heteroatoms. The average Bonchev–Trinajstić information content (AvgIpc) is 2.95. The topological polar surface area (TPSA) is 17.8 Å². The zero-order valence-electron chi connectivity index (χ0n) is 14.3. The average molecular weight is 391 g/mol. The molecular weight excluding hydrogens is 372 g/mol. The Balaban J connectivity index is 1.90. The summed E-state index contributed by atoms with van der Waals surface area (Å²) in [7, 11) is 0. The van der Waals surface area contributed by atoms with E-state index in [0.29, 0.717) is 0 Å². The second-order valence-corrected chi connectivity index (χ2v) is 7.37. The Hall–Kier alpha value is -2.39. The fraction of sp³-hybridized carbons (Fsp3) is 0.136. The van der Waals surface area contributed by atoms with Crippen molar-refractivity contribution in [3.05, 3.63) is 87.9 Å². The number of benzene rings is 3. The van der Waals surface area contributed by atoms with Crippen molar-refractivity contribution in [1.82, 2.24) is 9.55 Å². The van der Waals surface area contributed by atoms with Gasteiger partial charge >= 0.3 is 0 Å². The highest BCUT2D eigenvalue weighted by Gasteiger charge is 2.14. The van der Waals surface area contributed by atoms with Crippen molar-refractivity contribution in [2.75, 3.05) is 0 Å². The molecule has 0 unspecified atom stereocenters. The first-order valence-corrected chi connectivity index (χ1v) is 9.18. The van der Waals surface area contributed by atoms with Gasteiger partial charge in [0, 0.05) is 16.6 Å². The molecule has 2 nitrogen and oxygen atoms in total. The number of aromatic nitrogens is 2. The predicted octanol–water partition coefficient (Wildman–Crippen LogP) is 6.13. The molecule has 0 aliphatic rings. The molecule has 4 rings (SSSR count). The number of hydrogen-bond acceptors (Lipinski definition) is 1. The Labute approximate surface area is 156 Å². The third kappa shape index (κ3) is 3.12. The van der Waals surface area contributed by atoms with Crippen molar-refractivity contribution in [2.45, 2.75) is 20.4 Å². The minimum atomic E-state index is 0.802. The molecule has 0 amide bonds. The van der Waals surface area contributed by atoms with Gasteiger partial charge in [0.15, 0.2) is 0 Å². The molecular formula is C22H19BrN2. The van der Waals surface area contributed by atoms with Crippen LogP contribution in [0.4, 0.5) is 0 Å². The van der Waals surface area contributed by atoms with Crippen molar-refractivity contribution in [1.29, 1.82) is 0 Å². The molecule has 0 aliphatic carbocycles. The van der Waals surface area contributed by atoms with Gasteiger partial charge in [-0.15, -0.1) is 0 Å². The Morgan fingerprint density at radius 3 is 2.44 bits per heavy atom. The fourth-order valence-corrected chi connectivity index (χ4v) is 3.54. The van der Waals surface area contributed by atoms with Gasteiger partial charge in [-0.25, -0.2) is 4.98 Å². The van der Waals surface area contributed by atoms with Gasteiger partial charge in [-0.1, -0.05) is 64.0 Å². The number of halogens is 1. The minimum Gasteiger partial charge on any atom is -0.319 e. The summed E-state index contributed by atoms with van der Waals surface area (Å²) in [6, 6.07) is 23.4. The van der Waals surface area contributed by atoms with Crippen LogP contribution in [0.25, 0.3) is 22.4 Å². The number of nitrogens with zero attached hydrogens (tertiary/aromatic N) is 2. The highest BCUT2D eigenvalue weighted by Crippen LogP contribution is 2.29. The van der Waals surface area contributed by atoms with Crippen molar-refractivity contribution in [3.63, 3.8) is 0 Å². The molecule has 0 atom stereocenters. The van der Waals surface area contributed by atoms with Crippen LogP contribution in [-0.2, 0) is 6.54 Å². The lowest BCUT2D eigenvalue weighted by Crippen LogP contribution is -2.03. The summed E-state index contributed by atoms with van der Waals surface area (Å²) in [6.07, 6.45) is 0. The Morgan fingerprint density at radius 1 is 0.920 bits per heavy atom. The summed E-state index contributed by atoms with van der Waals surface area (Å²) in [5.74, 6) is 1.03. The highest BCUT2D eigenvalue weighted by molar-refractivity contribution is 9.10. The van der Waals surface area contributed by atoms with Gasteiger partial charge in [-0.3, -0.25) is 0 Å². The molecule has 3 aromatic carbocycles. The molecule has 4 aromatic rings. The molecule has 0 saturated heterocycles. The monoisotopic (exact) mass is 390 g/mol. The molecule has 1 heterocycles. The smallest absolute Gasteiger partial charge is 0.141 e. The highest BCUT2D eigenvalue weighted by atomic mass is 79.9. The van der Waals surface area contributed by atoms with Gasteiger partial charge in [0.25, 0.3) is 0 Å². The third-order valence-electron chi connectivity index (χ3n) is 4.53. The standard InChI is InChI=1S/C22H19BrN2/c1-15-7-12-19(16(2)13-15)22-24-20-5-3-4-6-21(20)25(22)14-17-8-10-18(23)11-9-17/h3-13H,14H2,1-2H3. The fourth-order valence-electron chi connectivity index (χ4n) is 3.28. The number of hydrogen-bond donors (Lipinski definition) is 0. The van der Waals surface area contributed by atoms with E-state index in [1.807, 2.05) is 6.07 Å². The second-order valence-electron chi connectivity index (χ2n) is 6.46. The molecule has 124 valence electrons. The van der Waals surface area contributed by atoms with E-state index in [1.54, 1.807) is 0 Å². The Bertz CT molecular complexity index is 1050. The zero-order chi connectivity index (χ0) is 17.4. The number of imidazole rings is 1. The summed E-state index contributed by atoms with van der Waals surface area (Å²) < 4.78 is 3.41. The van der Waals surface area contributed by atoms with Gasteiger partial charge in [-0.2, -0.15) is 0 Å². The molecule has 0 radical (unpaired) electrons. The van der Waals surface area contributed by atoms with E-state index in [-0.39, 0.29) is 0 Å². The van der Waals surface area contributed by atoms with Crippen LogP contribution in [0, 0.1) is 13.8 Å². The SMILES string of the molecule is Cc1ccc(-c2nc3ccccc3n2Cc2ccc(Br)cc2)c(C)c1. The summed E-state index contributed by atoms with van der Waals surface area (Å²) in [6.45, 7) is 5.09. The van der Waals surface area contributed by atoms with E-state index >= 15 is 0 Å². The van der Waals surface area contributed by atoms with E-state index in [2.05, 4.69) is 95.0 Å². The maximum absolute atomic E-state index is 4.94. The maximum atomic E-state index is 4.94. The normalized spacial score (nSPS) is 11.2. The van der Waals surface area contributed by atoms with Gasteiger partial charge in [-0.05, 0) is 49.2 Å². The van der Waals surface area contributed by atoms with Gasteiger partial charge in [0.1, 0.15) is 5.82 Å². The summed E-state index contributed by atoms with van der Waals surface area (Å²) >= 11 is 3.51. The molecule has 25 heavy (non-hydrogen) atoms. The molecule has 0 N–H and O–H groups in total. The van der Waals surface area contributed by atoms with Crippen LogP contribution >= 0.6 is 15.9 Å². The molecule has 0 spiro atoms. The first kappa shape index (κ1) is 16.1. The molecule has 0 fully saturated rings. The van der Waals surface area contributed by atoms with Crippen LogP contribution < -0.4 is 0 Å². The van der Waals surface area contributed by atoms with Crippen LogP contribution in [0.1, 0.15) is 16.7 Å². The summed E-state index contributed by atoms with van der Waals surface area (Å²) in [5, 5.41) is 0. The van der Waals surface area contributed by atoms with Gasteiger partial charge < -0.3 is 4.57 Å². The van der Waals surface area contributed by atoms with Crippen LogP contribution in [0.15, 0.2) is 71.2 Å². The molecule has 1 aromatic heterocycles. The maximum Gasteiger partial charge on any atom is 0.141 e. The van der Waals surface area contributed by atoms with E-state index in [1.165, 1.54) is 27.8 Å². The lowest BCUT2D eigenvalue weighted by atomic mass is 10.1. The van der Waals surface area contributed by atoms with Crippen LogP contribution in [-0.4, -0.2) is 9.55 Å². The van der Waals surface area contributed by atoms with Gasteiger partial charge in [0.2, 0.25) is 0 Å². The number of rotatable bonds is 3. The van der Waals surface area contributed by atoms with E-state index in [9.17, 15) is 0 Å². The largest absolute Gasteiger partial charge is 0.319 e. The zero-order valence-corrected chi connectivity index (χ0v) is 15.9. The third-order valence-corrected chi connectivity index (χ3v) is 5.06. The number of fused-ring (bicyclic) bond motifs is 1. The molecule has 0 saturated carbocycles. The second kappa shape index (κ2) is 6.49. The van der Waals surface area contributed by atoms with E-state index in [4.69, 9.17) is 4.98 Å².